The van der Waals surface area contributed by atoms with Crippen LogP contribution in [0.2, 0.25) is 0 Å². The fourth-order valence-electron chi connectivity index (χ4n) is 2.94. The number of rotatable bonds is 7. The van der Waals surface area contributed by atoms with Gasteiger partial charge in [0.1, 0.15) is 17.3 Å². The van der Waals surface area contributed by atoms with Crippen molar-refractivity contribution < 1.29 is 13.2 Å². The average molecular weight is 467 g/mol. The van der Waals surface area contributed by atoms with E-state index in [1.165, 1.54) is 23.5 Å². The minimum Gasteiger partial charge on any atom is -0.444 e. The highest BCUT2D eigenvalue weighted by Gasteiger charge is 2.17. The van der Waals surface area contributed by atoms with Crippen molar-refractivity contribution >= 4 is 32.9 Å². The molecule has 2 aromatic carbocycles. The molecule has 0 unspecified atom stereocenters. The summed E-state index contributed by atoms with van der Waals surface area (Å²) in [4.78, 5) is 9.16. The summed E-state index contributed by atoms with van der Waals surface area (Å²) in [5.41, 5.74) is 2.48. The lowest BCUT2D eigenvalue weighted by Crippen LogP contribution is -2.11. The maximum atomic E-state index is 11.4. The lowest BCUT2D eigenvalue weighted by atomic mass is 10.1. The zero-order chi connectivity index (χ0) is 22.7. The highest BCUT2D eigenvalue weighted by atomic mass is 32.2. The van der Waals surface area contributed by atoms with Gasteiger partial charge in [-0.3, -0.25) is 0 Å². The largest absolute Gasteiger partial charge is 0.444 e. The maximum Gasteiger partial charge on any atom is 0.238 e. The van der Waals surface area contributed by atoms with Gasteiger partial charge in [0.25, 0.3) is 0 Å². The molecule has 0 aliphatic rings. The number of thiazole rings is 1. The summed E-state index contributed by atoms with van der Waals surface area (Å²) >= 11 is 1.53. The van der Waals surface area contributed by atoms with E-state index >= 15 is 0 Å². The zero-order valence-corrected chi connectivity index (χ0v) is 19.2. The minimum atomic E-state index is -3.73. The molecule has 7 nitrogen and oxygen atoms in total. The normalized spacial score (nSPS) is 11.5. The number of primary sulfonamides is 1. The van der Waals surface area contributed by atoms with Crippen molar-refractivity contribution in [2.45, 2.75) is 24.7 Å². The number of ether oxygens (including phenoxy) is 1. The third-order valence-corrected chi connectivity index (χ3v) is 6.71. The van der Waals surface area contributed by atoms with Gasteiger partial charge in [-0.25, -0.2) is 23.5 Å². The van der Waals surface area contributed by atoms with Crippen LogP contribution >= 0.6 is 11.3 Å². The second-order valence-corrected chi connectivity index (χ2v) is 9.94. The van der Waals surface area contributed by atoms with Crippen LogP contribution < -0.4 is 15.2 Å². The number of benzene rings is 2. The van der Waals surface area contributed by atoms with E-state index in [9.17, 15) is 8.42 Å². The predicted octanol–water partition coefficient (Wildman–Crippen LogP) is 5.51. The molecule has 2 heterocycles. The first-order chi connectivity index (χ1) is 15.3. The molecule has 0 saturated heterocycles. The molecule has 0 aliphatic carbocycles. The molecule has 2 aromatic heterocycles. The van der Waals surface area contributed by atoms with Crippen LogP contribution in [0.1, 0.15) is 24.8 Å². The molecule has 32 heavy (non-hydrogen) atoms. The standard InChI is InChI=1S/C23H22N4O3S2/c1-15(2)22-27-21(16-6-4-3-5-7-16)23(31-22)30-18-12-13-25-20(14-18)26-17-8-10-19(11-9-17)32(24,28)29/h3-15H,1-2H3,(H,25,26)(H2,24,28,29). The molecule has 0 radical (unpaired) electrons. The van der Waals surface area contributed by atoms with Gasteiger partial charge in [0.15, 0.2) is 0 Å². The Morgan fingerprint density at radius 2 is 1.75 bits per heavy atom. The number of nitrogens with two attached hydrogens (primary N) is 1. The number of sulfonamides is 1. The van der Waals surface area contributed by atoms with Crippen molar-refractivity contribution in [2.24, 2.45) is 5.14 Å². The van der Waals surface area contributed by atoms with E-state index in [0.29, 0.717) is 17.3 Å². The number of anilines is 2. The molecule has 3 N–H and O–H groups in total. The summed E-state index contributed by atoms with van der Waals surface area (Å²) in [6, 6.07) is 19.6. The first kappa shape index (κ1) is 21.9. The van der Waals surface area contributed by atoms with Gasteiger partial charge in [-0.2, -0.15) is 0 Å². The highest BCUT2D eigenvalue weighted by molar-refractivity contribution is 7.89. The molecule has 164 valence electrons. The third kappa shape index (κ3) is 5.13. The molecular formula is C23H22N4O3S2. The lowest BCUT2D eigenvalue weighted by molar-refractivity contribution is 0.496. The first-order valence-electron chi connectivity index (χ1n) is 9.89. The van der Waals surface area contributed by atoms with Gasteiger partial charge in [0, 0.05) is 29.4 Å². The molecule has 4 aromatic rings. The van der Waals surface area contributed by atoms with Crippen molar-refractivity contribution in [3.63, 3.8) is 0 Å². The molecule has 0 amide bonds. The van der Waals surface area contributed by atoms with Crippen LogP contribution in [-0.4, -0.2) is 18.4 Å². The molecule has 4 rings (SSSR count). The fourth-order valence-corrected chi connectivity index (χ4v) is 4.42. The Bertz CT molecular complexity index is 1320. The van der Waals surface area contributed by atoms with Gasteiger partial charge in [0.2, 0.25) is 15.1 Å². The van der Waals surface area contributed by atoms with Gasteiger partial charge < -0.3 is 10.1 Å². The summed E-state index contributed by atoms with van der Waals surface area (Å²) in [5, 5.41) is 10.0. The van der Waals surface area contributed by atoms with Crippen LogP contribution in [0.25, 0.3) is 11.3 Å². The maximum absolute atomic E-state index is 11.4. The van der Waals surface area contributed by atoms with Crippen LogP contribution in [0, 0.1) is 0 Å². The van der Waals surface area contributed by atoms with Gasteiger partial charge in [-0.15, -0.1) is 0 Å². The van der Waals surface area contributed by atoms with Gasteiger partial charge in [-0.1, -0.05) is 55.5 Å². The number of pyridine rings is 1. The highest BCUT2D eigenvalue weighted by Crippen LogP contribution is 2.40. The Morgan fingerprint density at radius 3 is 2.41 bits per heavy atom. The third-order valence-electron chi connectivity index (χ3n) is 4.55. The summed E-state index contributed by atoms with van der Waals surface area (Å²) in [6.07, 6.45) is 1.64. The predicted molar refractivity (Wildman–Crippen MR) is 127 cm³/mol. The SMILES string of the molecule is CC(C)c1nc(-c2ccccc2)c(Oc2ccnc(Nc3ccc(S(N)(=O)=O)cc3)c2)s1. The van der Waals surface area contributed by atoms with Crippen molar-refractivity contribution in [2.75, 3.05) is 5.32 Å². The van der Waals surface area contributed by atoms with Crippen LogP contribution in [0.3, 0.4) is 0 Å². The van der Waals surface area contributed by atoms with E-state index in [2.05, 4.69) is 24.1 Å². The van der Waals surface area contributed by atoms with E-state index in [-0.39, 0.29) is 10.8 Å². The van der Waals surface area contributed by atoms with E-state index < -0.39 is 10.0 Å². The zero-order valence-electron chi connectivity index (χ0n) is 17.5. The van der Waals surface area contributed by atoms with Gasteiger partial charge >= 0.3 is 0 Å². The quantitative estimate of drug-likeness (QED) is 0.372. The second-order valence-electron chi connectivity index (χ2n) is 7.38. The van der Waals surface area contributed by atoms with Crippen LogP contribution in [0.4, 0.5) is 11.5 Å². The Labute approximate surface area is 191 Å². The van der Waals surface area contributed by atoms with E-state index in [1.807, 2.05) is 30.3 Å². The monoisotopic (exact) mass is 466 g/mol. The Balaban J connectivity index is 1.58. The number of hydrogen-bond acceptors (Lipinski definition) is 7. The summed E-state index contributed by atoms with van der Waals surface area (Å²) in [6.45, 7) is 4.21. The second kappa shape index (κ2) is 9.07. The first-order valence-corrected chi connectivity index (χ1v) is 12.3. The minimum absolute atomic E-state index is 0.0488. The Kier molecular flexibility index (Phi) is 6.22. The average Bonchev–Trinajstić information content (AvgIpc) is 3.18. The van der Waals surface area contributed by atoms with Gasteiger partial charge in [-0.05, 0) is 30.3 Å². The van der Waals surface area contributed by atoms with Crippen LogP contribution in [0.5, 0.6) is 10.8 Å². The Hall–Kier alpha value is -3.27. The molecular weight excluding hydrogens is 444 g/mol. The smallest absolute Gasteiger partial charge is 0.238 e. The van der Waals surface area contributed by atoms with E-state index in [0.717, 1.165) is 21.3 Å². The van der Waals surface area contributed by atoms with Crippen molar-refractivity contribution in [1.29, 1.82) is 0 Å². The van der Waals surface area contributed by atoms with E-state index in [1.54, 1.807) is 30.5 Å². The molecule has 0 aliphatic heterocycles. The number of nitrogens with zero attached hydrogens (tertiary/aromatic N) is 2. The van der Waals surface area contributed by atoms with Crippen molar-refractivity contribution in [3.8, 4) is 22.1 Å². The molecule has 0 saturated carbocycles. The summed E-state index contributed by atoms with van der Waals surface area (Å²) in [7, 11) is -3.73. The van der Waals surface area contributed by atoms with Gasteiger partial charge in [0.05, 0.1) is 9.90 Å². The molecule has 0 bridgehead atoms. The molecule has 0 spiro atoms. The summed E-state index contributed by atoms with van der Waals surface area (Å²) < 4.78 is 29.1. The van der Waals surface area contributed by atoms with E-state index in [4.69, 9.17) is 14.9 Å². The Morgan fingerprint density at radius 1 is 1.03 bits per heavy atom. The number of aromatic nitrogens is 2. The van der Waals surface area contributed by atoms with Crippen molar-refractivity contribution in [1.82, 2.24) is 9.97 Å². The number of hydrogen-bond donors (Lipinski definition) is 2. The molecule has 0 fully saturated rings. The molecule has 0 atom stereocenters. The topological polar surface area (TPSA) is 107 Å². The van der Waals surface area contributed by atoms with Crippen molar-refractivity contribution in [3.05, 3.63) is 77.9 Å². The number of nitrogens with one attached hydrogen (secondary N) is 1. The molecule has 9 heteroatoms. The van der Waals surface area contributed by atoms with Crippen LogP contribution in [-0.2, 0) is 10.0 Å². The summed E-state index contributed by atoms with van der Waals surface area (Å²) in [5.74, 6) is 1.45. The van der Waals surface area contributed by atoms with Crippen LogP contribution in [0.15, 0.2) is 77.8 Å². The fraction of sp³-hybridized carbons (Fsp3) is 0.130. The lowest BCUT2D eigenvalue weighted by Gasteiger charge is -2.09.